The smallest absolute Gasteiger partial charge is 0.256 e. The number of carbonyl (C=O) groups is 2. The maximum atomic E-state index is 13.7. The first-order valence-corrected chi connectivity index (χ1v) is 12.9. The second kappa shape index (κ2) is 12.4. The van der Waals surface area contributed by atoms with E-state index in [-0.39, 0.29) is 38.1 Å². The standard InChI is InChI=1S/C28H37FN6O2.CH4/c1-6-7-8-11-30-27(36)17-34(25-14-24-20(3)31-32(4)26(24)12-19(25)2)18-28(37)33(5)35-15-21-9-10-23(29)13-22(21)16-35;/h9-10,12-14H,6-8,11,15-18H2,1-5H3,(H,30,36);1H4. The molecule has 2 heterocycles. The molecule has 0 unspecified atom stereocenters. The van der Waals surface area contributed by atoms with Gasteiger partial charge in [0.2, 0.25) is 5.91 Å². The molecule has 1 aliphatic rings. The van der Waals surface area contributed by atoms with Crippen LogP contribution in [0.3, 0.4) is 0 Å². The molecule has 2 aromatic carbocycles. The molecule has 38 heavy (non-hydrogen) atoms. The number of likely N-dealkylation sites (N-methyl/N-ethyl adjacent to an activating group) is 1. The predicted molar refractivity (Wildman–Crippen MR) is 150 cm³/mol. The highest BCUT2D eigenvalue weighted by atomic mass is 19.1. The Kier molecular flexibility index (Phi) is 9.49. The first-order valence-electron chi connectivity index (χ1n) is 12.9. The lowest BCUT2D eigenvalue weighted by molar-refractivity contribution is -0.145. The number of nitrogens with zero attached hydrogens (tertiary/aromatic N) is 5. The number of rotatable bonds is 10. The molecule has 8 nitrogen and oxygen atoms in total. The summed E-state index contributed by atoms with van der Waals surface area (Å²) in [4.78, 5) is 28.2. The lowest BCUT2D eigenvalue weighted by Gasteiger charge is -2.32. The molecule has 206 valence electrons. The molecule has 9 heteroatoms. The number of aryl methyl sites for hydroxylation is 3. The van der Waals surface area contributed by atoms with E-state index in [4.69, 9.17) is 0 Å². The summed E-state index contributed by atoms with van der Waals surface area (Å²) >= 11 is 0. The fourth-order valence-electron chi connectivity index (χ4n) is 4.95. The summed E-state index contributed by atoms with van der Waals surface area (Å²) in [6, 6.07) is 8.82. The molecule has 0 atom stereocenters. The Labute approximate surface area is 225 Å². The number of carbonyl (C=O) groups excluding carboxylic acids is 2. The van der Waals surface area contributed by atoms with Gasteiger partial charge in [0.1, 0.15) is 5.82 Å². The number of nitrogens with one attached hydrogen (secondary N) is 1. The number of aromatic nitrogens is 2. The number of fused-ring (bicyclic) bond motifs is 2. The van der Waals surface area contributed by atoms with E-state index >= 15 is 0 Å². The van der Waals surface area contributed by atoms with Crippen LogP contribution in [0.4, 0.5) is 10.1 Å². The van der Waals surface area contributed by atoms with E-state index in [9.17, 15) is 14.0 Å². The molecule has 1 aliphatic heterocycles. The molecule has 0 saturated heterocycles. The zero-order valence-electron chi connectivity index (χ0n) is 22.5. The van der Waals surface area contributed by atoms with Gasteiger partial charge < -0.3 is 10.2 Å². The van der Waals surface area contributed by atoms with Crippen molar-refractivity contribution in [2.24, 2.45) is 7.05 Å². The maximum Gasteiger partial charge on any atom is 0.256 e. The molecule has 1 N–H and O–H groups in total. The zero-order valence-corrected chi connectivity index (χ0v) is 22.5. The molecule has 1 aromatic heterocycles. The van der Waals surface area contributed by atoms with E-state index in [1.54, 1.807) is 18.1 Å². The normalized spacial score (nSPS) is 12.8. The van der Waals surface area contributed by atoms with E-state index in [2.05, 4.69) is 23.4 Å². The molecule has 3 aromatic rings. The molecular formula is C29H41FN6O2. The van der Waals surface area contributed by atoms with Crippen LogP contribution >= 0.6 is 0 Å². The van der Waals surface area contributed by atoms with Crippen molar-refractivity contribution in [1.29, 1.82) is 0 Å². The zero-order chi connectivity index (χ0) is 26.7. The van der Waals surface area contributed by atoms with Crippen molar-refractivity contribution in [3.63, 3.8) is 0 Å². The fourth-order valence-corrected chi connectivity index (χ4v) is 4.95. The molecule has 0 fully saturated rings. The van der Waals surface area contributed by atoms with Gasteiger partial charge in [0, 0.05) is 44.8 Å². The maximum absolute atomic E-state index is 13.7. The second-order valence-corrected chi connectivity index (χ2v) is 9.93. The van der Waals surface area contributed by atoms with Gasteiger partial charge in [0.05, 0.1) is 24.3 Å². The molecular weight excluding hydrogens is 483 g/mol. The lowest BCUT2D eigenvalue weighted by Crippen LogP contribution is -2.48. The minimum atomic E-state index is -0.276. The van der Waals surface area contributed by atoms with Crippen LogP contribution in [0, 0.1) is 19.7 Å². The second-order valence-electron chi connectivity index (χ2n) is 9.93. The van der Waals surface area contributed by atoms with Gasteiger partial charge >= 0.3 is 0 Å². The predicted octanol–water partition coefficient (Wildman–Crippen LogP) is 4.47. The monoisotopic (exact) mass is 524 g/mol. The van der Waals surface area contributed by atoms with Crippen molar-refractivity contribution in [1.82, 2.24) is 25.1 Å². The van der Waals surface area contributed by atoms with Crippen LogP contribution in [0.25, 0.3) is 10.9 Å². The highest BCUT2D eigenvalue weighted by molar-refractivity contribution is 5.91. The van der Waals surface area contributed by atoms with E-state index in [0.717, 1.165) is 58.2 Å². The molecule has 0 spiro atoms. The van der Waals surface area contributed by atoms with Crippen molar-refractivity contribution in [3.05, 3.63) is 58.5 Å². The van der Waals surface area contributed by atoms with Crippen molar-refractivity contribution >= 4 is 28.4 Å². The van der Waals surface area contributed by atoms with E-state index in [1.807, 2.05) is 41.6 Å². The first kappa shape index (κ1) is 29.1. The van der Waals surface area contributed by atoms with Gasteiger partial charge in [-0.25, -0.2) is 9.40 Å². The number of hydrogen-bond acceptors (Lipinski definition) is 5. The van der Waals surface area contributed by atoms with Crippen LogP contribution in [-0.4, -0.2) is 58.3 Å². The molecule has 0 radical (unpaired) electrons. The first-order chi connectivity index (χ1) is 17.7. The SMILES string of the molecule is C.CCCCCNC(=O)CN(CC(=O)N(C)N1Cc2ccc(F)cc2C1)c1cc2c(C)nn(C)c2cc1C. The summed E-state index contributed by atoms with van der Waals surface area (Å²) in [5.41, 5.74) is 5.60. The Morgan fingerprint density at radius 1 is 1.08 bits per heavy atom. The van der Waals surface area contributed by atoms with Crippen molar-refractivity contribution in [2.75, 3.05) is 31.6 Å². The van der Waals surface area contributed by atoms with Crippen LogP contribution in [0.2, 0.25) is 0 Å². The van der Waals surface area contributed by atoms with Crippen molar-refractivity contribution in [2.45, 2.75) is 60.5 Å². The number of anilines is 1. The van der Waals surface area contributed by atoms with Gasteiger partial charge in [0.15, 0.2) is 0 Å². The van der Waals surface area contributed by atoms with Gasteiger partial charge in [-0.3, -0.25) is 19.3 Å². The summed E-state index contributed by atoms with van der Waals surface area (Å²) in [6.07, 6.45) is 3.07. The number of hydrazine groups is 1. The van der Waals surface area contributed by atoms with E-state index < -0.39 is 0 Å². The Hall–Kier alpha value is -3.46. The molecule has 4 rings (SSSR count). The minimum absolute atomic E-state index is 0. The van der Waals surface area contributed by atoms with E-state index in [1.165, 1.54) is 12.1 Å². The molecule has 0 bridgehead atoms. The van der Waals surface area contributed by atoms with Crippen LogP contribution in [0.1, 0.15) is 56.0 Å². The van der Waals surface area contributed by atoms with Gasteiger partial charge in [0.25, 0.3) is 5.91 Å². The summed E-state index contributed by atoms with van der Waals surface area (Å²) < 4.78 is 15.5. The van der Waals surface area contributed by atoms with Crippen LogP contribution in [-0.2, 0) is 29.7 Å². The van der Waals surface area contributed by atoms with E-state index in [0.29, 0.717) is 19.6 Å². The summed E-state index contributed by atoms with van der Waals surface area (Å²) in [6.45, 7) is 7.80. The lowest BCUT2D eigenvalue weighted by atomic mass is 10.1. The van der Waals surface area contributed by atoms with Crippen LogP contribution in [0.15, 0.2) is 30.3 Å². The third-order valence-electron chi connectivity index (χ3n) is 7.12. The number of amides is 2. The number of halogens is 1. The Balaban J connectivity index is 0.00000400. The van der Waals surface area contributed by atoms with Gasteiger partial charge in [-0.15, -0.1) is 0 Å². The third-order valence-corrected chi connectivity index (χ3v) is 7.12. The highest BCUT2D eigenvalue weighted by Crippen LogP contribution is 2.29. The molecule has 2 amide bonds. The highest BCUT2D eigenvalue weighted by Gasteiger charge is 2.27. The molecule has 0 saturated carbocycles. The Morgan fingerprint density at radius 3 is 2.55 bits per heavy atom. The van der Waals surface area contributed by atoms with Gasteiger partial charge in [-0.2, -0.15) is 5.10 Å². The number of hydrogen-bond donors (Lipinski definition) is 1. The summed E-state index contributed by atoms with van der Waals surface area (Å²) in [5.74, 6) is -0.533. The third kappa shape index (κ3) is 6.32. The largest absolute Gasteiger partial charge is 0.355 e. The summed E-state index contributed by atoms with van der Waals surface area (Å²) in [7, 11) is 3.64. The molecule has 0 aliphatic carbocycles. The van der Waals surface area contributed by atoms with Gasteiger partial charge in [-0.05, 0) is 61.2 Å². The quantitative estimate of drug-likeness (QED) is 0.396. The fraction of sp³-hybridized carbons (Fsp3) is 0.483. The Morgan fingerprint density at radius 2 is 1.82 bits per heavy atom. The average molecular weight is 525 g/mol. The number of unbranched alkanes of at least 4 members (excludes halogenated alkanes) is 2. The Bertz CT molecular complexity index is 1300. The van der Waals surface area contributed by atoms with Crippen molar-refractivity contribution in [3.8, 4) is 0 Å². The topological polar surface area (TPSA) is 73.7 Å². The van der Waals surface area contributed by atoms with Crippen LogP contribution < -0.4 is 10.2 Å². The van der Waals surface area contributed by atoms with Crippen molar-refractivity contribution < 1.29 is 14.0 Å². The minimum Gasteiger partial charge on any atom is -0.355 e. The van der Waals surface area contributed by atoms with Crippen LogP contribution in [0.5, 0.6) is 0 Å². The van der Waals surface area contributed by atoms with Gasteiger partial charge in [-0.1, -0.05) is 33.3 Å². The number of benzene rings is 2. The summed E-state index contributed by atoms with van der Waals surface area (Å²) in [5, 5.41) is 12.0. The average Bonchev–Trinajstić information content (AvgIpc) is 3.40.